The van der Waals surface area contributed by atoms with Crippen LogP contribution in [0.15, 0.2) is 0 Å². The lowest BCUT2D eigenvalue weighted by atomic mass is 9.99. The predicted octanol–water partition coefficient (Wildman–Crippen LogP) is -1.07. The van der Waals surface area contributed by atoms with Crippen LogP contribution < -0.4 is 5.32 Å². The van der Waals surface area contributed by atoms with Gasteiger partial charge in [-0.05, 0) is 14.1 Å². The highest BCUT2D eigenvalue weighted by Crippen LogP contribution is 2.21. The molecule has 1 saturated heterocycles. The van der Waals surface area contributed by atoms with Crippen molar-refractivity contribution < 1.29 is 19.1 Å². The topological polar surface area (TPSA) is 71.1 Å². The Kier molecular flexibility index (Phi) is 6.38. The summed E-state index contributed by atoms with van der Waals surface area (Å²) in [5.41, 5.74) is -0.779. The lowest BCUT2D eigenvalue weighted by Gasteiger charge is -2.34. The number of hydrogen-bond donors (Lipinski definition) is 1. The van der Waals surface area contributed by atoms with Gasteiger partial charge in [0.15, 0.2) is 0 Å². The maximum absolute atomic E-state index is 12.2. The van der Waals surface area contributed by atoms with Crippen LogP contribution in [0.1, 0.15) is 6.42 Å². The molecule has 7 nitrogen and oxygen atoms in total. The average molecular weight is 287 g/mol. The van der Waals surface area contributed by atoms with E-state index < -0.39 is 5.60 Å². The van der Waals surface area contributed by atoms with Crippen LogP contribution >= 0.6 is 0 Å². The van der Waals surface area contributed by atoms with Crippen molar-refractivity contribution >= 4 is 11.8 Å². The monoisotopic (exact) mass is 287 g/mol. The van der Waals surface area contributed by atoms with E-state index >= 15 is 0 Å². The first kappa shape index (κ1) is 16.9. The summed E-state index contributed by atoms with van der Waals surface area (Å²) in [4.78, 5) is 27.4. The highest BCUT2D eigenvalue weighted by atomic mass is 16.5. The van der Waals surface area contributed by atoms with Gasteiger partial charge in [0.25, 0.3) is 0 Å². The summed E-state index contributed by atoms with van der Waals surface area (Å²) in [5, 5.41) is 2.58. The summed E-state index contributed by atoms with van der Waals surface area (Å²) >= 11 is 0. The van der Waals surface area contributed by atoms with Crippen molar-refractivity contribution in [1.82, 2.24) is 15.1 Å². The fourth-order valence-corrected chi connectivity index (χ4v) is 2.17. The van der Waals surface area contributed by atoms with E-state index in [1.165, 1.54) is 0 Å². The van der Waals surface area contributed by atoms with Gasteiger partial charge in [0, 0.05) is 20.7 Å². The predicted molar refractivity (Wildman–Crippen MR) is 74.4 cm³/mol. The molecule has 0 radical (unpaired) electrons. The van der Waals surface area contributed by atoms with Crippen LogP contribution in [0.5, 0.6) is 0 Å². The Hall–Kier alpha value is -1.18. The standard InChI is InChI=1S/C13H25N3O4/c1-14-11(17)7-13(19-4)9-16(5-6-20-10-13)12(18)8-15(2)3/h5-10H2,1-4H3,(H,14,17)/t13-/m1/s1. The maximum Gasteiger partial charge on any atom is 0.236 e. The van der Waals surface area contributed by atoms with E-state index in [0.717, 1.165) is 0 Å². The SMILES string of the molecule is CNC(=O)C[C@]1(OC)COCCN(C(=O)CN(C)C)C1. The average Bonchev–Trinajstić information content (AvgIpc) is 2.61. The van der Waals surface area contributed by atoms with Gasteiger partial charge in [-0.25, -0.2) is 0 Å². The molecule has 0 saturated carbocycles. The lowest BCUT2D eigenvalue weighted by Crippen LogP contribution is -2.51. The molecule has 0 aromatic carbocycles. The molecule has 1 fully saturated rings. The minimum Gasteiger partial charge on any atom is -0.377 e. The molecule has 1 rings (SSSR count). The molecule has 0 aliphatic carbocycles. The molecule has 0 aromatic heterocycles. The third-order valence-electron chi connectivity index (χ3n) is 3.35. The molecule has 7 heteroatoms. The fraction of sp³-hybridized carbons (Fsp3) is 0.846. The largest absolute Gasteiger partial charge is 0.377 e. The number of ether oxygens (including phenoxy) is 2. The molecule has 0 unspecified atom stereocenters. The Morgan fingerprint density at radius 3 is 2.70 bits per heavy atom. The van der Waals surface area contributed by atoms with Crippen LogP contribution in [0.2, 0.25) is 0 Å². The van der Waals surface area contributed by atoms with Gasteiger partial charge >= 0.3 is 0 Å². The van der Waals surface area contributed by atoms with Gasteiger partial charge in [0.05, 0.1) is 32.7 Å². The van der Waals surface area contributed by atoms with Crippen molar-refractivity contribution in [2.24, 2.45) is 0 Å². The molecular weight excluding hydrogens is 262 g/mol. The number of amides is 2. The van der Waals surface area contributed by atoms with E-state index in [-0.39, 0.29) is 18.2 Å². The van der Waals surface area contributed by atoms with Gasteiger partial charge in [-0.3, -0.25) is 9.59 Å². The second-order valence-corrected chi connectivity index (χ2v) is 5.34. The first-order valence-electron chi connectivity index (χ1n) is 6.68. The number of rotatable bonds is 5. The minimum atomic E-state index is -0.779. The number of hydrogen-bond acceptors (Lipinski definition) is 5. The van der Waals surface area contributed by atoms with Gasteiger partial charge in [-0.2, -0.15) is 0 Å². The number of nitrogens with one attached hydrogen (secondary N) is 1. The Balaban J connectivity index is 2.79. The zero-order chi connectivity index (χ0) is 15.2. The maximum atomic E-state index is 12.2. The van der Waals surface area contributed by atoms with Gasteiger partial charge in [0.1, 0.15) is 5.60 Å². The van der Waals surface area contributed by atoms with Crippen LogP contribution in [0.25, 0.3) is 0 Å². The zero-order valence-corrected chi connectivity index (χ0v) is 12.8. The number of carbonyl (C=O) groups excluding carboxylic acids is 2. The molecule has 116 valence electrons. The highest BCUT2D eigenvalue weighted by Gasteiger charge is 2.38. The fourth-order valence-electron chi connectivity index (χ4n) is 2.17. The summed E-state index contributed by atoms with van der Waals surface area (Å²) in [6.07, 6.45) is 0.172. The molecule has 0 aromatic rings. The van der Waals surface area contributed by atoms with Crippen LogP contribution in [-0.2, 0) is 19.1 Å². The van der Waals surface area contributed by atoms with E-state index in [1.54, 1.807) is 19.1 Å². The van der Waals surface area contributed by atoms with E-state index in [2.05, 4.69) is 5.32 Å². The minimum absolute atomic E-state index is 0.0128. The molecule has 1 atom stereocenters. The third-order valence-corrected chi connectivity index (χ3v) is 3.35. The summed E-state index contributed by atoms with van der Waals surface area (Å²) < 4.78 is 11.0. The zero-order valence-electron chi connectivity index (χ0n) is 12.8. The molecule has 1 heterocycles. The Bertz CT molecular complexity index is 349. The molecule has 1 aliphatic heterocycles. The second-order valence-electron chi connectivity index (χ2n) is 5.34. The second kappa shape index (κ2) is 7.56. The molecule has 0 spiro atoms. The number of carbonyl (C=O) groups is 2. The van der Waals surface area contributed by atoms with E-state index in [1.807, 2.05) is 19.0 Å². The smallest absolute Gasteiger partial charge is 0.236 e. The molecular formula is C13H25N3O4. The van der Waals surface area contributed by atoms with E-state index in [0.29, 0.717) is 32.8 Å². The Morgan fingerprint density at radius 2 is 2.15 bits per heavy atom. The first-order valence-corrected chi connectivity index (χ1v) is 6.68. The summed E-state index contributed by atoms with van der Waals surface area (Å²) in [5.74, 6) is -0.115. The third kappa shape index (κ3) is 4.73. The number of likely N-dealkylation sites (N-methyl/N-ethyl adjacent to an activating group) is 1. The van der Waals surface area contributed by atoms with Crippen molar-refractivity contribution in [2.75, 3.05) is 61.1 Å². The van der Waals surface area contributed by atoms with Gasteiger partial charge in [-0.15, -0.1) is 0 Å². The lowest BCUT2D eigenvalue weighted by molar-refractivity contribution is -0.140. The summed E-state index contributed by atoms with van der Waals surface area (Å²) in [6.45, 7) is 1.98. The van der Waals surface area contributed by atoms with Crippen LogP contribution in [0, 0.1) is 0 Å². The molecule has 20 heavy (non-hydrogen) atoms. The summed E-state index contributed by atoms with van der Waals surface area (Å²) in [6, 6.07) is 0. The first-order chi connectivity index (χ1) is 9.42. The van der Waals surface area contributed by atoms with Gasteiger partial charge < -0.3 is 24.6 Å². The highest BCUT2D eigenvalue weighted by molar-refractivity contribution is 5.79. The molecule has 2 amide bonds. The van der Waals surface area contributed by atoms with Crippen molar-refractivity contribution in [3.05, 3.63) is 0 Å². The number of nitrogens with zero attached hydrogens (tertiary/aromatic N) is 2. The molecule has 1 aliphatic rings. The molecule has 1 N–H and O–H groups in total. The molecule has 0 bridgehead atoms. The van der Waals surface area contributed by atoms with E-state index in [9.17, 15) is 9.59 Å². The van der Waals surface area contributed by atoms with Crippen LogP contribution in [0.3, 0.4) is 0 Å². The van der Waals surface area contributed by atoms with Crippen molar-refractivity contribution in [3.63, 3.8) is 0 Å². The normalized spacial score (nSPS) is 23.6. The van der Waals surface area contributed by atoms with Crippen LogP contribution in [-0.4, -0.2) is 88.3 Å². The van der Waals surface area contributed by atoms with Crippen molar-refractivity contribution in [2.45, 2.75) is 12.0 Å². The Labute approximate surface area is 120 Å². The summed E-state index contributed by atoms with van der Waals surface area (Å²) in [7, 11) is 6.82. The Morgan fingerprint density at radius 1 is 1.45 bits per heavy atom. The van der Waals surface area contributed by atoms with Gasteiger partial charge in [-0.1, -0.05) is 0 Å². The van der Waals surface area contributed by atoms with Crippen molar-refractivity contribution in [3.8, 4) is 0 Å². The quantitative estimate of drug-likeness (QED) is 0.697. The van der Waals surface area contributed by atoms with E-state index in [4.69, 9.17) is 9.47 Å². The van der Waals surface area contributed by atoms with Crippen molar-refractivity contribution in [1.29, 1.82) is 0 Å². The van der Waals surface area contributed by atoms with Crippen LogP contribution in [0.4, 0.5) is 0 Å². The number of methoxy groups -OCH3 is 1. The van der Waals surface area contributed by atoms with Gasteiger partial charge in [0.2, 0.25) is 11.8 Å².